The highest BCUT2D eigenvalue weighted by Gasteiger charge is 2.38. The molecule has 17 heteroatoms. The molecule has 0 radical (unpaired) electrons. The number of amides is 2. The van der Waals surface area contributed by atoms with E-state index in [-0.39, 0.29) is 35.7 Å². The van der Waals surface area contributed by atoms with Gasteiger partial charge in [0.15, 0.2) is 5.65 Å². The van der Waals surface area contributed by atoms with E-state index in [1.807, 2.05) is 0 Å². The largest absolute Gasteiger partial charge is 0.471 e. The molecule has 1 fully saturated rings. The number of carbonyl (C=O) groups excluding carboxylic acids is 2. The lowest BCUT2D eigenvalue weighted by Gasteiger charge is -2.15. The van der Waals surface area contributed by atoms with E-state index < -0.39 is 55.1 Å². The molecule has 3 rings (SSSR count). The fourth-order valence-corrected chi connectivity index (χ4v) is 3.43. The van der Waals surface area contributed by atoms with Gasteiger partial charge in [-0.3, -0.25) is 24.7 Å². The van der Waals surface area contributed by atoms with Crippen molar-refractivity contribution in [1.82, 2.24) is 19.9 Å². The second kappa shape index (κ2) is 11.1. The number of H-pyrrole nitrogens is 1. The predicted octanol–water partition coefficient (Wildman–Crippen LogP) is 0.646. The molecule has 1 saturated heterocycles. The van der Waals surface area contributed by atoms with E-state index in [2.05, 4.69) is 37.2 Å². The van der Waals surface area contributed by atoms with Crippen LogP contribution in [-0.2, 0) is 19.1 Å². The Morgan fingerprint density at radius 3 is 2.89 bits per heavy atom. The van der Waals surface area contributed by atoms with E-state index in [0.717, 1.165) is 0 Å². The van der Waals surface area contributed by atoms with Gasteiger partial charge in [-0.2, -0.15) is 18.2 Å². The second-order valence-corrected chi connectivity index (χ2v) is 7.34. The van der Waals surface area contributed by atoms with Crippen LogP contribution in [0, 0.1) is 11.8 Å². The van der Waals surface area contributed by atoms with E-state index in [4.69, 9.17) is 15.0 Å². The average molecular weight is 512 g/mol. The third-order valence-corrected chi connectivity index (χ3v) is 4.87. The number of aliphatic hydroxyl groups excluding tert-OH is 1. The number of nitrogens with zero attached hydrogens (tertiary/aromatic N) is 5. The Balaban J connectivity index is 1.99. The number of rotatable bonds is 7. The molecule has 0 unspecified atom stereocenters. The van der Waals surface area contributed by atoms with Crippen LogP contribution >= 0.6 is 0 Å². The minimum Gasteiger partial charge on any atom is -0.394 e. The van der Waals surface area contributed by atoms with Crippen LogP contribution in [0.4, 0.5) is 19.1 Å². The molecule has 3 atom stereocenters. The van der Waals surface area contributed by atoms with E-state index in [9.17, 15) is 32.7 Å². The first-order valence-electron chi connectivity index (χ1n) is 10.2. The van der Waals surface area contributed by atoms with Gasteiger partial charge in [0.05, 0.1) is 30.2 Å². The molecule has 0 aromatic carbocycles. The SMILES string of the molecule is CC(=O)Nc1nc2c(c(C#CCNC(=O)C(F)(F)F)cn2[C@@H]2C[C@H](OCN=[N+]=[N-])[C@H](CO)O2)c(=O)[nH]1. The number of aliphatic hydroxyl groups is 1. The lowest BCUT2D eigenvalue weighted by Crippen LogP contribution is -2.36. The molecule has 1 aliphatic rings. The number of hydrogen-bond acceptors (Lipinski definition) is 8. The summed E-state index contributed by atoms with van der Waals surface area (Å²) in [7, 11) is 0. The minimum absolute atomic E-state index is 0.0171. The zero-order valence-corrected chi connectivity index (χ0v) is 18.5. The van der Waals surface area contributed by atoms with Gasteiger partial charge < -0.3 is 24.5 Å². The number of anilines is 1. The lowest BCUT2D eigenvalue weighted by atomic mass is 10.2. The number of halogens is 3. The summed E-state index contributed by atoms with van der Waals surface area (Å²) in [6.45, 7) is -0.201. The monoisotopic (exact) mass is 512 g/mol. The zero-order chi connectivity index (χ0) is 26.5. The molecule has 14 nitrogen and oxygen atoms in total. The van der Waals surface area contributed by atoms with Crippen molar-refractivity contribution in [1.29, 1.82) is 0 Å². The molecule has 1 aliphatic heterocycles. The fourth-order valence-electron chi connectivity index (χ4n) is 3.43. The highest BCUT2D eigenvalue weighted by molar-refractivity contribution is 5.89. The van der Waals surface area contributed by atoms with Crippen LogP contribution in [0.2, 0.25) is 0 Å². The standard InChI is InChI=1S/C19H19F3N8O6/c1-9(32)26-18-27-15-14(16(33)28-18)10(3-2-4-24-17(34)19(20,21)22)6-30(15)13-5-11(12(7-31)36-13)35-8-25-29-23/h6,11-13,31H,4-5,7-8H2,1H3,(H,24,34)(H2,26,27,28,32,33)/t11-,12-,13-/m0/s1. The van der Waals surface area contributed by atoms with Crippen LogP contribution in [0.25, 0.3) is 21.5 Å². The third kappa shape index (κ3) is 6.12. The van der Waals surface area contributed by atoms with Crippen molar-refractivity contribution >= 4 is 28.8 Å². The maximum Gasteiger partial charge on any atom is 0.471 e. The Bertz CT molecular complexity index is 1320. The van der Waals surface area contributed by atoms with Crippen molar-refractivity contribution in [3.63, 3.8) is 0 Å². The number of fused-ring (bicyclic) bond motifs is 1. The Labute approximate surface area is 199 Å². The summed E-state index contributed by atoms with van der Waals surface area (Å²) >= 11 is 0. The molecule has 0 aliphatic carbocycles. The number of ether oxygens (including phenoxy) is 2. The Morgan fingerprint density at radius 1 is 1.50 bits per heavy atom. The lowest BCUT2D eigenvalue weighted by molar-refractivity contribution is -0.173. The molecular weight excluding hydrogens is 493 g/mol. The zero-order valence-electron chi connectivity index (χ0n) is 18.5. The van der Waals surface area contributed by atoms with Crippen molar-refractivity contribution in [2.45, 2.75) is 38.0 Å². The van der Waals surface area contributed by atoms with Crippen molar-refractivity contribution < 1.29 is 37.3 Å². The summed E-state index contributed by atoms with van der Waals surface area (Å²) < 4.78 is 49.6. The van der Waals surface area contributed by atoms with Gasteiger partial charge in [0.2, 0.25) is 11.9 Å². The highest BCUT2D eigenvalue weighted by atomic mass is 19.4. The van der Waals surface area contributed by atoms with Gasteiger partial charge in [-0.05, 0) is 5.53 Å². The highest BCUT2D eigenvalue weighted by Crippen LogP contribution is 2.33. The van der Waals surface area contributed by atoms with Gasteiger partial charge in [-0.1, -0.05) is 17.0 Å². The Morgan fingerprint density at radius 2 is 2.25 bits per heavy atom. The minimum atomic E-state index is -5.07. The molecule has 0 saturated carbocycles. The van der Waals surface area contributed by atoms with Crippen LogP contribution in [-0.4, -0.2) is 69.7 Å². The maximum absolute atomic E-state index is 12.8. The van der Waals surface area contributed by atoms with Crippen LogP contribution in [0.15, 0.2) is 16.1 Å². The molecule has 0 bridgehead atoms. The summed E-state index contributed by atoms with van der Waals surface area (Å²) in [4.78, 5) is 44.3. The molecule has 36 heavy (non-hydrogen) atoms. The van der Waals surface area contributed by atoms with Crippen molar-refractivity contribution in [3.05, 3.63) is 32.6 Å². The number of hydrogen-bond donors (Lipinski definition) is 4. The summed E-state index contributed by atoms with van der Waals surface area (Å²) in [5, 5.41) is 16.8. The molecule has 3 heterocycles. The van der Waals surface area contributed by atoms with E-state index in [0.29, 0.717) is 0 Å². The van der Waals surface area contributed by atoms with E-state index in [1.165, 1.54) is 17.7 Å². The van der Waals surface area contributed by atoms with Crippen LogP contribution < -0.4 is 16.2 Å². The van der Waals surface area contributed by atoms with Crippen molar-refractivity contribution in [3.8, 4) is 11.8 Å². The van der Waals surface area contributed by atoms with Crippen LogP contribution in [0.1, 0.15) is 25.1 Å². The fraction of sp³-hybridized carbons (Fsp3) is 0.474. The van der Waals surface area contributed by atoms with Gasteiger partial charge in [0.1, 0.15) is 19.1 Å². The first kappa shape index (κ1) is 26.5. The summed E-state index contributed by atoms with van der Waals surface area (Å²) in [6.07, 6.45) is -5.93. The predicted molar refractivity (Wildman–Crippen MR) is 115 cm³/mol. The van der Waals surface area contributed by atoms with Gasteiger partial charge in [-0.15, -0.1) is 0 Å². The number of aromatic nitrogens is 3. The first-order chi connectivity index (χ1) is 17.0. The second-order valence-electron chi connectivity index (χ2n) is 7.34. The van der Waals surface area contributed by atoms with Crippen molar-refractivity contribution in [2.24, 2.45) is 5.11 Å². The maximum atomic E-state index is 12.8. The number of carbonyl (C=O) groups is 2. The van der Waals surface area contributed by atoms with Crippen LogP contribution in [0.3, 0.4) is 0 Å². The molecular formula is C19H19F3N8O6. The van der Waals surface area contributed by atoms with E-state index >= 15 is 0 Å². The van der Waals surface area contributed by atoms with E-state index in [1.54, 1.807) is 5.32 Å². The molecule has 2 amide bonds. The normalized spacial score (nSPS) is 19.3. The van der Waals surface area contributed by atoms with Gasteiger partial charge in [0.25, 0.3) is 5.56 Å². The first-order valence-corrected chi connectivity index (χ1v) is 10.2. The number of alkyl halides is 3. The number of azide groups is 1. The summed E-state index contributed by atoms with van der Waals surface area (Å²) in [6, 6.07) is 0. The molecule has 4 N–H and O–H groups in total. The summed E-state index contributed by atoms with van der Waals surface area (Å²) in [5.41, 5.74) is 7.78. The topological polar surface area (TPSA) is 196 Å². The van der Waals surface area contributed by atoms with Gasteiger partial charge in [0, 0.05) is 24.5 Å². The smallest absolute Gasteiger partial charge is 0.394 e. The summed E-state index contributed by atoms with van der Waals surface area (Å²) in [5.74, 6) is 2.01. The molecule has 192 valence electrons. The molecule has 0 spiro atoms. The third-order valence-electron chi connectivity index (χ3n) is 4.87. The molecule has 2 aromatic heterocycles. The Hall–Kier alpha value is -4.10. The quantitative estimate of drug-likeness (QED) is 0.181. The van der Waals surface area contributed by atoms with Gasteiger partial charge >= 0.3 is 12.1 Å². The number of nitrogens with one attached hydrogen (secondary N) is 3. The van der Waals surface area contributed by atoms with Crippen LogP contribution in [0.5, 0.6) is 0 Å². The Kier molecular flexibility index (Phi) is 8.17. The number of aromatic amines is 1. The molecule has 2 aromatic rings. The average Bonchev–Trinajstić information content (AvgIpc) is 3.37. The van der Waals surface area contributed by atoms with Crippen molar-refractivity contribution in [2.75, 3.05) is 25.2 Å². The van der Waals surface area contributed by atoms with Gasteiger partial charge in [-0.25, -0.2) is 0 Å².